The molecule has 1 heterocycles. The molecule has 1 fully saturated rings. The van der Waals surface area contributed by atoms with Crippen molar-refractivity contribution in [2.24, 2.45) is 0 Å². The zero-order chi connectivity index (χ0) is 24.5. The van der Waals surface area contributed by atoms with Crippen molar-refractivity contribution in [2.75, 3.05) is 29.9 Å². The number of hydrogen-bond donors (Lipinski definition) is 1. The van der Waals surface area contributed by atoms with Crippen LogP contribution < -0.4 is 10.2 Å². The number of sulfonamides is 1. The number of halogens is 2. The van der Waals surface area contributed by atoms with Gasteiger partial charge in [-0.2, -0.15) is 4.31 Å². The number of benzene rings is 3. The first-order chi connectivity index (χ1) is 16.1. The Balaban J connectivity index is 1.54. The molecule has 34 heavy (non-hydrogen) atoms. The summed E-state index contributed by atoms with van der Waals surface area (Å²) in [6.45, 7) is 4.87. The van der Waals surface area contributed by atoms with E-state index in [4.69, 9.17) is 0 Å². The van der Waals surface area contributed by atoms with Crippen LogP contribution in [0.4, 0.5) is 15.8 Å². The first kappa shape index (κ1) is 24.4. The Hall–Kier alpha value is -2.75. The summed E-state index contributed by atoms with van der Waals surface area (Å²) in [6, 6.07) is 18.3. The largest absolute Gasteiger partial charge is 0.366 e. The summed E-state index contributed by atoms with van der Waals surface area (Å²) < 4.78 is 43.5. The van der Waals surface area contributed by atoms with E-state index in [2.05, 4.69) is 32.2 Å². The molecule has 1 amide bonds. The molecule has 0 aromatic heterocycles. The van der Waals surface area contributed by atoms with E-state index in [-0.39, 0.29) is 24.7 Å². The molecule has 1 aliphatic heterocycles. The van der Waals surface area contributed by atoms with Crippen LogP contribution in [-0.2, 0) is 10.0 Å². The van der Waals surface area contributed by atoms with E-state index in [0.29, 0.717) is 12.2 Å². The number of carbonyl (C=O) groups is 1. The lowest BCUT2D eigenvalue weighted by Crippen LogP contribution is -2.53. The molecule has 0 spiro atoms. The van der Waals surface area contributed by atoms with E-state index in [1.54, 1.807) is 24.3 Å². The summed E-state index contributed by atoms with van der Waals surface area (Å²) in [5.74, 6) is -1.40. The average molecular weight is 546 g/mol. The van der Waals surface area contributed by atoms with Crippen molar-refractivity contribution in [3.8, 4) is 0 Å². The predicted octanol–water partition coefficient (Wildman–Crippen LogP) is 5.05. The fourth-order valence-electron chi connectivity index (χ4n) is 4.05. The molecule has 0 bridgehead atoms. The van der Waals surface area contributed by atoms with E-state index in [0.717, 1.165) is 27.9 Å². The minimum absolute atomic E-state index is 0.0642. The molecule has 6 nitrogen and oxygen atoms in total. The zero-order valence-corrected chi connectivity index (χ0v) is 21.2. The van der Waals surface area contributed by atoms with Gasteiger partial charge in [0.15, 0.2) is 0 Å². The fourth-order valence-corrected chi connectivity index (χ4v) is 5.92. The van der Waals surface area contributed by atoms with Gasteiger partial charge in [0.2, 0.25) is 10.0 Å². The Bertz CT molecular complexity index is 1320. The number of piperazine rings is 1. The molecule has 1 atom stereocenters. The van der Waals surface area contributed by atoms with Crippen molar-refractivity contribution in [3.63, 3.8) is 0 Å². The van der Waals surface area contributed by atoms with Gasteiger partial charge in [-0.1, -0.05) is 28.1 Å². The Morgan fingerprint density at radius 1 is 1.06 bits per heavy atom. The van der Waals surface area contributed by atoms with Gasteiger partial charge in [-0.05, 0) is 74.0 Å². The third-order valence-electron chi connectivity index (χ3n) is 5.84. The lowest BCUT2D eigenvalue weighted by Gasteiger charge is -2.40. The van der Waals surface area contributed by atoms with E-state index in [9.17, 15) is 17.6 Å². The van der Waals surface area contributed by atoms with Gasteiger partial charge >= 0.3 is 0 Å². The number of anilines is 2. The molecule has 1 N–H and O–H groups in total. The molecule has 9 heteroatoms. The van der Waals surface area contributed by atoms with Crippen molar-refractivity contribution in [1.82, 2.24) is 4.31 Å². The Kier molecular flexibility index (Phi) is 7.06. The van der Waals surface area contributed by atoms with Gasteiger partial charge in [-0.3, -0.25) is 4.79 Å². The number of nitrogens with zero attached hydrogens (tertiary/aromatic N) is 2. The smallest absolute Gasteiger partial charge is 0.255 e. The summed E-state index contributed by atoms with van der Waals surface area (Å²) in [4.78, 5) is 14.3. The van der Waals surface area contributed by atoms with E-state index < -0.39 is 26.6 Å². The molecular formula is C25H25BrFN3O3S. The van der Waals surface area contributed by atoms with Crippen molar-refractivity contribution < 1.29 is 17.6 Å². The molecule has 3 aromatic rings. The summed E-state index contributed by atoms with van der Waals surface area (Å²) in [6.07, 6.45) is 0. The zero-order valence-electron chi connectivity index (χ0n) is 18.8. The molecule has 0 radical (unpaired) electrons. The quantitative estimate of drug-likeness (QED) is 0.487. The monoisotopic (exact) mass is 545 g/mol. The van der Waals surface area contributed by atoms with Gasteiger partial charge in [0.05, 0.1) is 0 Å². The topological polar surface area (TPSA) is 69.7 Å². The van der Waals surface area contributed by atoms with Crippen LogP contribution in [0.1, 0.15) is 22.8 Å². The standard InChI is InChI=1S/C25H25BrFN3O3S/c1-17-4-3-5-22(14-17)30-13-12-29(16-18(30)2)34(32,33)24-15-19(6-11-23(24)27)25(31)28-21-9-7-20(26)8-10-21/h3-11,14-15,18H,12-13,16H2,1-2H3,(H,28,31)/t18-/m1/s1. The van der Waals surface area contributed by atoms with Crippen LogP contribution in [0.25, 0.3) is 0 Å². The molecular weight excluding hydrogens is 521 g/mol. The van der Waals surface area contributed by atoms with Crippen molar-refractivity contribution in [3.05, 3.63) is 88.1 Å². The van der Waals surface area contributed by atoms with Crippen LogP contribution in [0.5, 0.6) is 0 Å². The fraction of sp³-hybridized carbons (Fsp3) is 0.240. The second-order valence-corrected chi connectivity index (χ2v) is 11.2. The molecule has 4 rings (SSSR count). The van der Waals surface area contributed by atoms with Crippen molar-refractivity contribution in [2.45, 2.75) is 24.8 Å². The lowest BCUT2D eigenvalue weighted by molar-refractivity contribution is 0.102. The van der Waals surface area contributed by atoms with Gasteiger partial charge in [0.1, 0.15) is 10.7 Å². The Morgan fingerprint density at radius 3 is 2.47 bits per heavy atom. The maximum atomic E-state index is 14.7. The number of nitrogens with one attached hydrogen (secondary N) is 1. The van der Waals surface area contributed by atoms with Gasteiger partial charge < -0.3 is 10.2 Å². The summed E-state index contributed by atoms with van der Waals surface area (Å²) >= 11 is 3.33. The molecule has 1 saturated heterocycles. The average Bonchev–Trinajstić information content (AvgIpc) is 2.80. The number of aryl methyl sites for hydroxylation is 1. The van der Waals surface area contributed by atoms with E-state index in [1.165, 1.54) is 10.4 Å². The highest BCUT2D eigenvalue weighted by molar-refractivity contribution is 9.10. The summed E-state index contributed by atoms with van der Waals surface area (Å²) in [5, 5.41) is 2.70. The SMILES string of the molecule is Cc1cccc(N2CCN(S(=O)(=O)c3cc(C(=O)Nc4ccc(Br)cc4)ccc3F)C[C@H]2C)c1. The van der Waals surface area contributed by atoms with E-state index >= 15 is 0 Å². The number of hydrogen-bond acceptors (Lipinski definition) is 4. The van der Waals surface area contributed by atoms with Gasteiger partial charge in [-0.15, -0.1) is 0 Å². The second kappa shape index (κ2) is 9.85. The molecule has 0 aliphatic carbocycles. The van der Waals surface area contributed by atoms with Crippen LogP contribution in [0.15, 0.2) is 76.1 Å². The third kappa shape index (κ3) is 5.16. The van der Waals surface area contributed by atoms with Crippen LogP contribution in [-0.4, -0.2) is 44.3 Å². The third-order valence-corrected chi connectivity index (χ3v) is 8.25. The molecule has 1 aliphatic rings. The maximum Gasteiger partial charge on any atom is 0.255 e. The molecule has 178 valence electrons. The van der Waals surface area contributed by atoms with Crippen LogP contribution in [0.2, 0.25) is 0 Å². The first-order valence-corrected chi connectivity index (χ1v) is 13.1. The first-order valence-electron chi connectivity index (χ1n) is 10.8. The normalized spacial score (nSPS) is 16.9. The Morgan fingerprint density at radius 2 is 1.79 bits per heavy atom. The molecule has 0 saturated carbocycles. The minimum Gasteiger partial charge on any atom is -0.366 e. The van der Waals surface area contributed by atoms with Gasteiger partial charge in [-0.25, -0.2) is 12.8 Å². The van der Waals surface area contributed by atoms with Gasteiger partial charge in [0.25, 0.3) is 5.91 Å². The lowest BCUT2D eigenvalue weighted by atomic mass is 10.1. The van der Waals surface area contributed by atoms with Crippen LogP contribution in [0, 0.1) is 12.7 Å². The number of rotatable bonds is 5. The Labute approximate surface area is 207 Å². The second-order valence-electron chi connectivity index (χ2n) is 8.35. The van der Waals surface area contributed by atoms with Gasteiger partial charge in [0, 0.05) is 47.1 Å². The molecule has 3 aromatic carbocycles. The maximum absolute atomic E-state index is 14.7. The summed E-state index contributed by atoms with van der Waals surface area (Å²) in [7, 11) is -4.13. The van der Waals surface area contributed by atoms with Crippen LogP contribution in [0.3, 0.4) is 0 Å². The predicted molar refractivity (Wildman–Crippen MR) is 135 cm³/mol. The van der Waals surface area contributed by atoms with Crippen molar-refractivity contribution in [1.29, 1.82) is 0 Å². The molecule has 0 unspecified atom stereocenters. The van der Waals surface area contributed by atoms with Crippen LogP contribution >= 0.6 is 15.9 Å². The highest BCUT2D eigenvalue weighted by atomic mass is 79.9. The van der Waals surface area contributed by atoms with Crippen molar-refractivity contribution >= 4 is 43.2 Å². The number of carbonyl (C=O) groups excluding carboxylic acids is 1. The minimum atomic E-state index is -4.13. The highest BCUT2D eigenvalue weighted by Crippen LogP contribution is 2.27. The number of amides is 1. The van der Waals surface area contributed by atoms with E-state index in [1.807, 2.05) is 32.0 Å². The highest BCUT2D eigenvalue weighted by Gasteiger charge is 2.34. The summed E-state index contributed by atoms with van der Waals surface area (Å²) in [5.41, 5.74) is 2.76.